The fraction of sp³-hybridized carbons (Fsp3) is 0.353. The third kappa shape index (κ3) is 3.17. The fourth-order valence-electron chi connectivity index (χ4n) is 2.10. The van der Waals surface area contributed by atoms with E-state index < -0.39 is 0 Å². The van der Waals surface area contributed by atoms with E-state index in [4.69, 9.17) is 10.5 Å². The molecular weight excluding hydrogens is 248 g/mol. The zero-order chi connectivity index (χ0) is 14.8. The predicted molar refractivity (Wildman–Crippen MR) is 82.0 cm³/mol. The van der Waals surface area contributed by atoms with Crippen LogP contribution in [-0.4, -0.2) is 12.1 Å². The second-order valence-electron chi connectivity index (χ2n) is 6.01. The predicted octanol–water partition coefficient (Wildman–Crippen LogP) is 3.44. The summed E-state index contributed by atoms with van der Waals surface area (Å²) in [5.74, 6) is 0.726. The van der Waals surface area contributed by atoms with E-state index in [0.29, 0.717) is 0 Å². The molecule has 20 heavy (non-hydrogen) atoms. The Labute approximate surface area is 120 Å². The first kappa shape index (κ1) is 14.5. The van der Waals surface area contributed by atoms with Gasteiger partial charge in [-0.2, -0.15) is 0 Å². The number of hydrogen-bond acceptors (Lipinski definition) is 3. The Hall–Kier alpha value is -1.87. The van der Waals surface area contributed by atoms with Crippen LogP contribution in [0, 0.1) is 0 Å². The van der Waals surface area contributed by atoms with E-state index in [-0.39, 0.29) is 11.5 Å². The van der Waals surface area contributed by atoms with Crippen LogP contribution < -0.4 is 10.5 Å². The molecule has 0 bridgehead atoms. The van der Waals surface area contributed by atoms with Crippen molar-refractivity contribution in [1.29, 1.82) is 0 Å². The molecule has 1 atom stereocenters. The molecule has 1 aromatic heterocycles. The van der Waals surface area contributed by atoms with Crippen molar-refractivity contribution in [2.45, 2.75) is 32.2 Å². The Morgan fingerprint density at radius 3 is 2.25 bits per heavy atom. The van der Waals surface area contributed by atoms with Gasteiger partial charge in [-0.15, -0.1) is 0 Å². The van der Waals surface area contributed by atoms with Crippen LogP contribution in [0.15, 0.2) is 42.7 Å². The van der Waals surface area contributed by atoms with E-state index in [2.05, 4.69) is 50.0 Å². The van der Waals surface area contributed by atoms with Gasteiger partial charge in [0.05, 0.1) is 19.3 Å². The number of pyridine rings is 1. The second kappa shape index (κ2) is 5.63. The van der Waals surface area contributed by atoms with Gasteiger partial charge in [0, 0.05) is 6.20 Å². The standard InChI is InChI=1S/C17H22N2O/c1-17(2,3)14-7-5-12(6-8-14)16(18)13-9-15(20-4)11-19-10-13/h5-11,16H,18H2,1-4H3. The van der Waals surface area contributed by atoms with Crippen molar-refractivity contribution >= 4 is 0 Å². The highest BCUT2D eigenvalue weighted by molar-refractivity contribution is 5.36. The molecule has 0 amide bonds. The Balaban J connectivity index is 2.26. The van der Waals surface area contributed by atoms with Crippen LogP contribution in [0.2, 0.25) is 0 Å². The lowest BCUT2D eigenvalue weighted by atomic mass is 9.86. The van der Waals surface area contributed by atoms with E-state index in [1.165, 1.54) is 5.56 Å². The molecule has 3 nitrogen and oxygen atoms in total. The van der Waals surface area contributed by atoms with Gasteiger partial charge in [-0.3, -0.25) is 4.98 Å². The first-order chi connectivity index (χ1) is 9.41. The Bertz CT molecular complexity index is 570. The summed E-state index contributed by atoms with van der Waals surface area (Å²) < 4.78 is 5.19. The zero-order valence-electron chi connectivity index (χ0n) is 12.6. The zero-order valence-corrected chi connectivity index (χ0v) is 12.6. The molecule has 1 aromatic carbocycles. The minimum absolute atomic E-state index is 0.153. The summed E-state index contributed by atoms with van der Waals surface area (Å²) in [6, 6.07) is 10.2. The summed E-state index contributed by atoms with van der Waals surface area (Å²) in [4.78, 5) is 4.15. The summed E-state index contributed by atoms with van der Waals surface area (Å²) >= 11 is 0. The van der Waals surface area contributed by atoms with Crippen LogP contribution >= 0.6 is 0 Å². The lowest BCUT2D eigenvalue weighted by Crippen LogP contribution is -2.14. The molecule has 0 aliphatic heterocycles. The lowest BCUT2D eigenvalue weighted by molar-refractivity contribution is 0.412. The number of aromatic nitrogens is 1. The topological polar surface area (TPSA) is 48.1 Å². The monoisotopic (exact) mass is 270 g/mol. The molecule has 1 heterocycles. The minimum atomic E-state index is -0.188. The van der Waals surface area contributed by atoms with Gasteiger partial charge in [-0.1, -0.05) is 45.0 Å². The number of benzene rings is 1. The van der Waals surface area contributed by atoms with Crippen molar-refractivity contribution in [3.05, 3.63) is 59.4 Å². The van der Waals surface area contributed by atoms with Gasteiger partial charge in [0.15, 0.2) is 0 Å². The van der Waals surface area contributed by atoms with Gasteiger partial charge < -0.3 is 10.5 Å². The third-order valence-corrected chi connectivity index (χ3v) is 3.46. The maximum Gasteiger partial charge on any atom is 0.137 e. The molecule has 0 aliphatic carbocycles. The summed E-state index contributed by atoms with van der Waals surface area (Å²) in [7, 11) is 1.63. The molecule has 0 fully saturated rings. The average Bonchev–Trinajstić information content (AvgIpc) is 2.46. The summed E-state index contributed by atoms with van der Waals surface area (Å²) in [5, 5.41) is 0. The highest BCUT2D eigenvalue weighted by atomic mass is 16.5. The first-order valence-corrected chi connectivity index (χ1v) is 6.77. The van der Waals surface area contributed by atoms with Crippen molar-refractivity contribution in [3.63, 3.8) is 0 Å². The van der Waals surface area contributed by atoms with Crippen molar-refractivity contribution in [2.75, 3.05) is 7.11 Å². The van der Waals surface area contributed by atoms with Crippen LogP contribution in [0.5, 0.6) is 5.75 Å². The van der Waals surface area contributed by atoms with Crippen molar-refractivity contribution in [2.24, 2.45) is 5.73 Å². The molecule has 0 spiro atoms. The van der Waals surface area contributed by atoms with Gasteiger partial charge in [0.2, 0.25) is 0 Å². The lowest BCUT2D eigenvalue weighted by Gasteiger charge is -2.20. The smallest absolute Gasteiger partial charge is 0.137 e. The van der Waals surface area contributed by atoms with Gasteiger partial charge in [0.1, 0.15) is 5.75 Å². The maximum absolute atomic E-state index is 6.30. The molecule has 1 unspecified atom stereocenters. The Kier molecular flexibility index (Phi) is 4.09. The second-order valence-corrected chi connectivity index (χ2v) is 6.01. The molecule has 0 saturated carbocycles. The van der Waals surface area contributed by atoms with Gasteiger partial charge in [-0.05, 0) is 28.2 Å². The van der Waals surface area contributed by atoms with E-state index in [1.54, 1.807) is 19.5 Å². The van der Waals surface area contributed by atoms with Gasteiger partial charge in [-0.25, -0.2) is 0 Å². The highest BCUT2D eigenvalue weighted by Crippen LogP contribution is 2.26. The van der Waals surface area contributed by atoms with Crippen molar-refractivity contribution < 1.29 is 4.74 Å². The molecule has 2 aromatic rings. The fourth-order valence-corrected chi connectivity index (χ4v) is 2.10. The number of hydrogen-bond donors (Lipinski definition) is 1. The SMILES string of the molecule is COc1cncc(C(N)c2ccc(C(C)(C)C)cc2)c1. The Morgan fingerprint density at radius 1 is 1.05 bits per heavy atom. The number of methoxy groups -OCH3 is 1. The molecule has 3 heteroatoms. The van der Waals surface area contributed by atoms with E-state index in [0.717, 1.165) is 16.9 Å². The van der Waals surface area contributed by atoms with E-state index in [9.17, 15) is 0 Å². The summed E-state index contributed by atoms with van der Waals surface area (Å²) in [6.45, 7) is 6.61. The number of ether oxygens (including phenoxy) is 1. The van der Waals surface area contributed by atoms with Crippen LogP contribution in [0.25, 0.3) is 0 Å². The van der Waals surface area contributed by atoms with E-state index >= 15 is 0 Å². The summed E-state index contributed by atoms with van der Waals surface area (Å²) in [6.07, 6.45) is 3.46. The average molecular weight is 270 g/mol. The normalized spacial score (nSPS) is 13.1. The molecule has 2 rings (SSSR count). The minimum Gasteiger partial charge on any atom is -0.495 e. The molecule has 106 valence electrons. The maximum atomic E-state index is 6.30. The largest absolute Gasteiger partial charge is 0.495 e. The number of nitrogens with two attached hydrogens (primary N) is 1. The molecular formula is C17H22N2O. The molecule has 0 aliphatic rings. The van der Waals surface area contributed by atoms with Crippen LogP contribution in [-0.2, 0) is 5.41 Å². The highest BCUT2D eigenvalue weighted by Gasteiger charge is 2.15. The van der Waals surface area contributed by atoms with E-state index in [1.807, 2.05) is 6.07 Å². The summed E-state index contributed by atoms with van der Waals surface area (Å²) in [5.41, 5.74) is 9.79. The molecule has 0 saturated heterocycles. The van der Waals surface area contributed by atoms with Crippen molar-refractivity contribution in [1.82, 2.24) is 4.98 Å². The molecule has 0 radical (unpaired) electrons. The Morgan fingerprint density at radius 2 is 1.70 bits per heavy atom. The van der Waals surface area contributed by atoms with Crippen molar-refractivity contribution in [3.8, 4) is 5.75 Å². The van der Waals surface area contributed by atoms with Gasteiger partial charge >= 0.3 is 0 Å². The van der Waals surface area contributed by atoms with Gasteiger partial charge in [0.25, 0.3) is 0 Å². The quantitative estimate of drug-likeness (QED) is 0.929. The number of nitrogens with zero attached hydrogens (tertiary/aromatic N) is 1. The number of rotatable bonds is 3. The van der Waals surface area contributed by atoms with Crippen LogP contribution in [0.1, 0.15) is 43.5 Å². The van der Waals surface area contributed by atoms with Crippen LogP contribution in [0.3, 0.4) is 0 Å². The van der Waals surface area contributed by atoms with Crippen LogP contribution in [0.4, 0.5) is 0 Å². The molecule has 2 N–H and O–H groups in total. The first-order valence-electron chi connectivity index (χ1n) is 6.77. The third-order valence-electron chi connectivity index (χ3n) is 3.46.